The maximum Gasteiger partial charge on any atom is 0.308 e. The fourth-order valence-electron chi connectivity index (χ4n) is 1.78. The number of ether oxygens (including phenoxy) is 1. The third-order valence-corrected chi connectivity index (χ3v) is 3.32. The molecular formula is C15H18O4. The quantitative estimate of drug-likeness (QED) is 0.464. The minimum absolute atomic E-state index is 0.197. The highest BCUT2D eigenvalue weighted by molar-refractivity contribution is 6.04. The van der Waals surface area contributed by atoms with Crippen LogP contribution in [0.2, 0.25) is 0 Å². The van der Waals surface area contributed by atoms with E-state index >= 15 is 0 Å². The second kappa shape index (κ2) is 5.78. The normalized spacial score (nSPS) is 10.9. The number of carbonyl (C=O) groups excluding carboxylic acids is 3. The summed E-state index contributed by atoms with van der Waals surface area (Å²) in [7, 11) is 0. The first-order valence-corrected chi connectivity index (χ1v) is 6.06. The molecule has 1 aromatic carbocycles. The van der Waals surface area contributed by atoms with Gasteiger partial charge in [-0.15, -0.1) is 0 Å². The van der Waals surface area contributed by atoms with Crippen LogP contribution in [0, 0.1) is 5.41 Å². The number of carbonyl (C=O) groups is 3. The number of benzene rings is 1. The second-order valence-corrected chi connectivity index (χ2v) is 4.82. The van der Waals surface area contributed by atoms with Gasteiger partial charge in [-0.05, 0) is 38.8 Å². The molecule has 0 fully saturated rings. The van der Waals surface area contributed by atoms with Gasteiger partial charge < -0.3 is 4.74 Å². The molecule has 0 aliphatic heterocycles. The summed E-state index contributed by atoms with van der Waals surface area (Å²) >= 11 is 0. The first kappa shape index (κ1) is 15.1. The Labute approximate surface area is 112 Å². The highest BCUT2D eigenvalue weighted by Gasteiger charge is 2.36. The summed E-state index contributed by atoms with van der Waals surface area (Å²) in [5.41, 5.74) is -0.415. The van der Waals surface area contributed by atoms with Crippen LogP contribution in [0.4, 0.5) is 0 Å². The van der Waals surface area contributed by atoms with E-state index in [2.05, 4.69) is 0 Å². The molecule has 0 unspecified atom stereocenters. The van der Waals surface area contributed by atoms with Gasteiger partial charge in [-0.3, -0.25) is 14.4 Å². The molecule has 0 bridgehead atoms. The van der Waals surface area contributed by atoms with Gasteiger partial charge in [0.05, 0.1) is 5.41 Å². The van der Waals surface area contributed by atoms with Gasteiger partial charge in [0.2, 0.25) is 0 Å². The molecule has 19 heavy (non-hydrogen) atoms. The Hall–Kier alpha value is -1.97. The Bertz CT molecular complexity index is 503. The summed E-state index contributed by atoms with van der Waals surface area (Å²) < 4.78 is 5.09. The largest absolute Gasteiger partial charge is 0.426 e. The summed E-state index contributed by atoms with van der Waals surface area (Å²) in [6.07, 6.45) is 0.223. The smallest absolute Gasteiger partial charge is 0.308 e. The zero-order valence-electron chi connectivity index (χ0n) is 11.6. The molecule has 4 nitrogen and oxygen atoms in total. The Kier molecular flexibility index (Phi) is 4.59. The van der Waals surface area contributed by atoms with Gasteiger partial charge >= 0.3 is 5.97 Å². The molecule has 0 saturated carbocycles. The summed E-state index contributed by atoms with van der Waals surface area (Å²) in [5.74, 6) is -0.432. The molecule has 1 rings (SSSR count). The van der Waals surface area contributed by atoms with Gasteiger partial charge in [0, 0.05) is 6.92 Å². The standard InChI is InChI=1S/C15H18O4/c1-10(16)15(4,11(2)17)9-13-7-5-6-8-14(13)19-12(3)18/h5-8H,9H2,1-4H3. The molecule has 0 atom stereocenters. The van der Waals surface area contributed by atoms with Crippen LogP contribution in [0.3, 0.4) is 0 Å². The van der Waals surface area contributed by atoms with E-state index in [0.717, 1.165) is 0 Å². The molecule has 0 aliphatic carbocycles. The van der Waals surface area contributed by atoms with Crippen LogP contribution in [0.25, 0.3) is 0 Å². The van der Waals surface area contributed by atoms with Crippen LogP contribution in [-0.2, 0) is 20.8 Å². The molecule has 102 valence electrons. The first-order valence-electron chi connectivity index (χ1n) is 6.06. The Balaban J connectivity index is 3.14. The van der Waals surface area contributed by atoms with Crippen molar-refractivity contribution in [2.24, 2.45) is 5.41 Å². The fourth-order valence-corrected chi connectivity index (χ4v) is 1.78. The molecule has 0 heterocycles. The minimum Gasteiger partial charge on any atom is -0.426 e. The molecule has 0 radical (unpaired) electrons. The van der Waals surface area contributed by atoms with Crippen molar-refractivity contribution in [3.63, 3.8) is 0 Å². The average Bonchev–Trinajstić information content (AvgIpc) is 2.30. The van der Waals surface area contributed by atoms with E-state index in [0.29, 0.717) is 11.3 Å². The molecule has 1 aromatic rings. The summed E-state index contributed by atoms with van der Waals surface area (Å²) in [6.45, 7) is 5.72. The number of esters is 1. The van der Waals surface area contributed by atoms with E-state index in [1.54, 1.807) is 31.2 Å². The van der Waals surface area contributed by atoms with Gasteiger partial charge in [-0.2, -0.15) is 0 Å². The lowest BCUT2D eigenvalue weighted by molar-refractivity contribution is -0.137. The number of rotatable bonds is 5. The van der Waals surface area contributed by atoms with Gasteiger partial charge in [0.1, 0.15) is 17.3 Å². The van der Waals surface area contributed by atoms with Gasteiger partial charge in [0.15, 0.2) is 0 Å². The van der Waals surface area contributed by atoms with Gasteiger partial charge in [-0.25, -0.2) is 0 Å². The van der Waals surface area contributed by atoms with Crippen molar-refractivity contribution in [2.75, 3.05) is 0 Å². The maximum absolute atomic E-state index is 11.7. The highest BCUT2D eigenvalue weighted by Crippen LogP contribution is 2.30. The highest BCUT2D eigenvalue weighted by atomic mass is 16.5. The van der Waals surface area contributed by atoms with Crippen molar-refractivity contribution < 1.29 is 19.1 Å². The SMILES string of the molecule is CC(=O)Oc1ccccc1CC(C)(C(C)=O)C(C)=O. The van der Waals surface area contributed by atoms with E-state index in [9.17, 15) is 14.4 Å². The van der Waals surface area contributed by atoms with Crippen molar-refractivity contribution >= 4 is 17.5 Å². The van der Waals surface area contributed by atoms with E-state index in [1.165, 1.54) is 20.8 Å². The number of hydrogen-bond acceptors (Lipinski definition) is 4. The van der Waals surface area contributed by atoms with E-state index in [-0.39, 0.29) is 18.0 Å². The van der Waals surface area contributed by atoms with E-state index < -0.39 is 11.4 Å². The Morgan fingerprint density at radius 3 is 2.05 bits per heavy atom. The molecule has 0 N–H and O–H groups in total. The number of ketones is 2. The zero-order valence-corrected chi connectivity index (χ0v) is 11.6. The topological polar surface area (TPSA) is 60.4 Å². The fraction of sp³-hybridized carbons (Fsp3) is 0.400. The van der Waals surface area contributed by atoms with Gasteiger partial charge in [0.25, 0.3) is 0 Å². The summed E-state index contributed by atoms with van der Waals surface area (Å²) in [5, 5.41) is 0. The molecule has 0 aromatic heterocycles. The van der Waals surface area contributed by atoms with Crippen LogP contribution >= 0.6 is 0 Å². The molecule has 0 aliphatic rings. The van der Waals surface area contributed by atoms with Crippen LogP contribution in [-0.4, -0.2) is 17.5 Å². The first-order chi connectivity index (χ1) is 8.77. The van der Waals surface area contributed by atoms with Crippen molar-refractivity contribution in [2.45, 2.75) is 34.1 Å². The Morgan fingerprint density at radius 2 is 1.58 bits per heavy atom. The van der Waals surface area contributed by atoms with Crippen LogP contribution < -0.4 is 4.74 Å². The number of Topliss-reactive ketones (excluding diaryl/α,β-unsaturated/α-hetero) is 2. The van der Waals surface area contributed by atoms with Crippen LogP contribution in [0.1, 0.15) is 33.3 Å². The molecule has 0 amide bonds. The molecule has 0 saturated heterocycles. The van der Waals surface area contributed by atoms with Crippen molar-refractivity contribution in [1.82, 2.24) is 0 Å². The summed E-state index contributed by atoms with van der Waals surface area (Å²) in [4.78, 5) is 34.5. The maximum atomic E-state index is 11.7. The molecule has 4 heteroatoms. The van der Waals surface area contributed by atoms with Crippen molar-refractivity contribution in [3.8, 4) is 5.75 Å². The van der Waals surface area contributed by atoms with Crippen molar-refractivity contribution in [3.05, 3.63) is 29.8 Å². The molecule has 0 spiro atoms. The Morgan fingerprint density at radius 1 is 1.05 bits per heavy atom. The lowest BCUT2D eigenvalue weighted by Gasteiger charge is -2.24. The van der Waals surface area contributed by atoms with Gasteiger partial charge in [-0.1, -0.05) is 18.2 Å². The predicted molar refractivity (Wildman–Crippen MR) is 70.9 cm³/mol. The zero-order chi connectivity index (χ0) is 14.6. The monoisotopic (exact) mass is 262 g/mol. The average molecular weight is 262 g/mol. The molecular weight excluding hydrogens is 244 g/mol. The third-order valence-electron chi connectivity index (χ3n) is 3.32. The second-order valence-electron chi connectivity index (χ2n) is 4.82. The van der Waals surface area contributed by atoms with Crippen LogP contribution in [0.5, 0.6) is 5.75 Å². The summed E-state index contributed by atoms with van der Waals surface area (Å²) in [6, 6.07) is 6.92. The third kappa shape index (κ3) is 3.50. The van der Waals surface area contributed by atoms with Crippen molar-refractivity contribution in [1.29, 1.82) is 0 Å². The number of para-hydroxylation sites is 1. The van der Waals surface area contributed by atoms with Crippen LogP contribution in [0.15, 0.2) is 24.3 Å². The predicted octanol–water partition coefficient (Wildman–Crippen LogP) is 2.34. The van der Waals surface area contributed by atoms with E-state index in [1.807, 2.05) is 0 Å². The lowest BCUT2D eigenvalue weighted by atomic mass is 9.77. The number of hydrogen-bond donors (Lipinski definition) is 0. The lowest BCUT2D eigenvalue weighted by Crippen LogP contribution is -2.35. The van der Waals surface area contributed by atoms with E-state index in [4.69, 9.17) is 4.74 Å². The minimum atomic E-state index is -1.09.